The lowest BCUT2D eigenvalue weighted by molar-refractivity contribution is 0.442. The molecule has 0 amide bonds. The number of anilines is 3. The molecule has 2 aliphatic rings. The average Bonchev–Trinajstić information content (AvgIpc) is 3.49. The molecule has 1 aromatic carbocycles. The number of aryl methyl sites for hydroxylation is 1. The van der Waals surface area contributed by atoms with E-state index >= 15 is 0 Å². The third-order valence-electron chi connectivity index (χ3n) is 6.98. The lowest BCUT2D eigenvalue weighted by atomic mass is 10.1. The number of halogens is 1. The molecule has 2 N–H and O–H groups in total. The number of rotatable bonds is 5. The van der Waals surface area contributed by atoms with E-state index in [-0.39, 0.29) is 11.7 Å². The maximum Gasteiger partial charge on any atom is 0.229 e. The summed E-state index contributed by atoms with van der Waals surface area (Å²) in [5, 5.41) is 6.75. The fourth-order valence-electron chi connectivity index (χ4n) is 5.07. The third-order valence-corrected chi connectivity index (χ3v) is 6.98. The fraction of sp³-hybridized carbons (Fsp3) is 0.385. The summed E-state index contributed by atoms with van der Waals surface area (Å²) < 4.78 is 16.9. The molecule has 9 heteroatoms. The predicted molar refractivity (Wildman–Crippen MR) is 136 cm³/mol. The van der Waals surface area contributed by atoms with Gasteiger partial charge in [-0.1, -0.05) is 6.07 Å². The van der Waals surface area contributed by atoms with Crippen LogP contribution in [0.5, 0.6) is 0 Å². The van der Waals surface area contributed by atoms with Gasteiger partial charge in [0.05, 0.1) is 29.1 Å². The van der Waals surface area contributed by atoms with Crippen LogP contribution in [0.2, 0.25) is 0 Å². The van der Waals surface area contributed by atoms with Crippen molar-refractivity contribution < 1.29 is 4.39 Å². The summed E-state index contributed by atoms with van der Waals surface area (Å²) in [7, 11) is 0. The van der Waals surface area contributed by atoms with Gasteiger partial charge in [-0.15, -0.1) is 0 Å². The SMILES string of the molecule is Cc1nc2ccc(-c3nc(Nc4ccc(N5CCNC6(CC6)C5)cn4)ncc3F)cc2n1C(C)C. The van der Waals surface area contributed by atoms with Crippen molar-refractivity contribution in [1.82, 2.24) is 29.8 Å². The van der Waals surface area contributed by atoms with Crippen LogP contribution in [-0.4, -0.2) is 49.7 Å². The van der Waals surface area contributed by atoms with Crippen LogP contribution in [0.3, 0.4) is 0 Å². The van der Waals surface area contributed by atoms with Crippen molar-refractivity contribution in [3.63, 3.8) is 0 Å². The van der Waals surface area contributed by atoms with E-state index in [1.165, 1.54) is 19.0 Å². The Hall–Kier alpha value is -3.59. The Kier molecular flexibility index (Phi) is 5.17. The van der Waals surface area contributed by atoms with Crippen molar-refractivity contribution >= 4 is 28.5 Å². The van der Waals surface area contributed by atoms with Crippen molar-refractivity contribution in [2.75, 3.05) is 29.9 Å². The lowest BCUT2D eigenvalue weighted by Crippen LogP contribution is -2.52. The summed E-state index contributed by atoms with van der Waals surface area (Å²) in [6.07, 6.45) is 5.56. The maximum atomic E-state index is 14.8. The van der Waals surface area contributed by atoms with Crippen molar-refractivity contribution in [3.05, 3.63) is 54.4 Å². The number of hydrogen-bond acceptors (Lipinski definition) is 7. The van der Waals surface area contributed by atoms with Crippen LogP contribution in [0.15, 0.2) is 42.7 Å². The second-order valence-corrected chi connectivity index (χ2v) is 9.87. The first-order chi connectivity index (χ1) is 16.9. The summed E-state index contributed by atoms with van der Waals surface area (Å²) in [5.41, 5.74) is 4.18. The van der Waals surface area contributed by atoms with Crippen LogP contribution >= 0.6 is 0 Å². The minimum Gasteiger partial charge on any atom is -0.367 e. The molecule has 4 aromatic rings. The quantitative estimate of drug-likeness (QED) is 0.439. The molecule has 0 radical (unpaired) electrons. The van der Waals surface area contributed by atoms with Crippen molar-refractivity contribution in [3.8, 4) is 11.3 Å². The van der Waals surface area contributed by atoms with Crippen LogP contribution in [-0.2, 0) is 0 Å². The van der Waals surface area contributed by atoms with Crippen LogP contribution in [0.4, 0.5) is 21.8 Å². The van der Waals surface area contributed by atoms with E-state index in [0.29, 0.717) is 22.9 Å². The number of fused-ring (bicyclic) bond motifs is 1. The van der Waals surface area contributed by atoms with Gasteiger partial charge < -0.3 is 20.1 Å². The van der Waals surface area contributed by atoms with Crippen LogP contribution < -0.4 is 15.5 Å². The largest absolute Gasteiger partial charge is 0.367 e. The summed E-state index contributed by atoms with van der Waals surface area (Å²) in [6.45, 7) is 9.19. The van der Waals surface area contributed by atoms with Crippen molar-refractivity contribution in [2.45, 2.75) is 45.2 Å². The number of benzene rings is 1. The zero-order valence-electron chi connectivity index (χ0n) is 20.2. The summed E-state index contributed by atoms with van der Waals surface area (Å²) in [5.74, 6) is 1.37. The van der Waals surface area contributed by atoms with Gasteiger partial charge in [-0.25, -0.2) is 24.3 Å². The molecule has 180 valence electrons. The third kappa shape index (κ3) is 4.10. The van der Waals surface area contributed by atoms with E-state index in [1.807, 2.05) is 37.4 Å². The Morgan fingerprint density at radius 3 is 2.69 bits per heavy atom. The first-order valence-corrected chi connectivity index (χ1v) is 12.2. The van der Waals surface area contributed by atoms with Gasteiger partial charge >= 0.3 is 0 Å². The van der Waals surface area contributed by atoms with Gasteiger partial charge in [-0.05, 0) is 57.9 Å². The Morgan fingerprint density at radius 2 is 1.94 bits per heavy atom. The number of pyridine rings is 1. The molecule has 8 nitrogen and oxygen atoms in total. The standard InChI is InChI=1S/C26H29FN8/c1-16(2)35-17(3)31-21-6-4-18(12-22(21)35)24-20(27)14-29-25(33-24)32-23-7-5-19(13-28-23)34-11-10-30-26(15-34)8-9-26/h4-7,12-14,16,30H,8-11,15H2,1-3H3,(H,28,29,32,33). The molecule has 1 aliphatic heterocycles. The van der Waals surface area contributed by atoms with Crippen LogP contribution in [0.1, 0.15) is 38.6 Å². The highest BCUT2D eigenvalue weighted by Crippen LogP contribution is 2.38. The highest BCUT2D eigenvalue weighted by atomic mass is 19.1. The number of imidazole rings is 1. The van der Waals surface area contributed by atoms with E-state index in [1.54, 1.807) is 0 Å². The number of piperazine rings is 1. The smallest absolute Gasteiger partial charge is 0.229 e. The predicted octanol–water partition coefficient (Wildman–Crippen LogP) is 4.60. The van der Waals surface area contributed by atoms with Crippen LogP contribution in [0.25, 0.3) is 22.3 Å². The zero-order valence-corrected chi connectivity index (χ0v) is 20.2. The number of nitrogens with one attached hydrogen (secondary N) is 2. The first kappa shape index (κ1) is 21.9. The Bertz CT molecular complexity index is 1390. The highest BCUT2D eigenvalue weighted by Gasteiger charge is 2.45. The molecule has 0 unspecified atom stereocenters. The maximum absolute atomic E-state index is 14.8. The topological polar surface area (TPSA) is 83.8 Å². The summed E-state index contributed by atoms with van der Waals surface area (Å²) in [6, 6.07) is 9.92. The van der Waals surface area contributed by atoms with Gasteiger partial charge in [0.2, 0.25) is 5.95 Å². The van der Waals surface area contributed by atoms with Gasteiger partial charge in [0.1, 0.15) is 17.3 Å². The molecular formula is C26H29FN8. The summed E-state index contributed by atoms with van der Waals surface area (Å²) in [4.78, 5) is 20.2. The first-order valence-electron chi connectivity index (χ1n) is 12.2. The van der Waals surface area contributed by atoms with Gasteiger partial charge in [-0.3, -0.25) is 0 Å². The molecule has 0 atom stereocenters. The Balaban J connectivity index is 1.25. The molecular weight excluding hydrogens is 443 g/mol. The Labute approximate surface area is 203 Å². The van der Waals surface area contributed by atoms with E-state index < -0.39 is 5.82 Å². The minimum atomic E-state index is -0.474. The average molecular weight is 473 g/mol. The van der Waals surface area contributed by atoms with Gasteiger partial charge in [0, 0.05) is 36.8 Å². The van der Waals surface area contributed by atoms with Gasteiger partial charge in [0.25, 0.3) is 0 Å². The molecule has 3 aromatic heterocycles. The lowest BCUT2D eigenvalue weighted by Gasteiger charge is -2.35. The molecule has 1 aliphatic carbocycles. The van der Waals surface area contributed by atoms with Gasteiger partial charge in [0.15, 0.2) is 5.82 Å². The second kappa shape index (κ2) is 8.27. The molecule has 4 heterocycles. The van der Waals surface area contributed by atoms with Crippen molar-refractivity contribution in [2.24, 2.45) is 0 Å². The number of nitrogens with zero attached hydrogens (tertiary/aromatic N) is 6. The fourth-order valence-corrected chi connectivity index (χ4v) is 5.07. The van der Waals surface area contributed by atoms with Gasteiger partial charge in [-0.2, -0.15) is 0 Å². The second-order valence-electron chi connectivity index (χ2n) is 9.87. The highest BCUT2D eigenvalue weighted by molar-refractivity contribution is 5.82. The molecule has 2 fully saturated rings. The molecule has 1 saturated heterocycles. The Morgan fingerprint density at radius 1 is 1.09 bits per heavy atom. The van der Waals surface area contributed by atoms with E-state index in [2.05, 4.69) is 60.0 Å². The number of hydrogen-bond donors (Lipinski definition) is 2. The van der Waals surface area contributed by atoms with Crippen LogP contribution in [0, 0.1) is 12.7 Å². The van der Waals surface area contributed by atoms with E-state index in [0.717, 1.165) is 42.2 Å². The molecule has 1 spiro atoms. The molecule has 0 bridgehead atoms. The molecule has 6 rings (SSSR count). The molecule has 1 saturated carbocycles. The number of aromatic nitrogens is 5. The van der Waals surface area contributed by atoms with Crippen molar-refractivity contribution in [1.29, 1.82) is 0 Å². The minimum absolute atomic E-state index is 0.241. The molecule has 35 heavy (non-hydrogen) atoms. The normalized spacial score (nSPS) is 16.9. The van der Waals surface area contributed by atoms with E-state index in [9.17, 15) is 4.39 Å². The van der Waals surface area contributed by atoms with E-state index in [4.69, 9.17) is 0 Å². The summed E-state index contributed by atoms with van der Waals surface area (Å²) >= 11 is 0. The zero-order chi connectivity index (χ0) is 24.2. The monoisotopic (exact) mass is 472 g/mol.